The number of benzene rings is 2. The molecule has 102 valence electrons. The van der Waals surface area contributed by atoms with Gasteiger partial charge in [-0.15, -0.1) is 0 Å². The van der Waals surface area contributed by atoms with E-state index in [0.29, 0.717) is 0 Å². The molecule has 4 nitrogen and oxygen atoms in total. The van der Waals surface area contributed by atoms with Crippen molar-refractivity contribution in [3.05, 3.63) is 69.6 Å². The molecule has 3 rings (SSSR count). The maximum Gasteiger partial charge on any atom is 0.323 e. The molecule has 0 aliphatic carbocycles. The predicted molar refractivity (Wildman–Crippen MR) is 80.7 cm³/mol. The Kier molecular flexibility index (Phi) is 3.16. The fourth-order valence-electron chi connectivity index (χ4n) is 2.49. The topological polar surface area (TPSA) is 74.7 Å². The van der Waals surface area contributed by atoms with Crippen LogP contribution in [0.1, 0.15) is 22.7 Å². The average Bonchev–Trinajstić information content (AvgIpc) is 2.77. The Morgan fingerprint density at radius 2 is 1.90 bits per heavy atom. The molecule has 20 heavy (non-hydrogen) atoms. The van der Waals surface area contributed by atoms with Crippen LogP contribution in [-0.4, -0.2) is 9.97 Å². The molecule has 3 aromatic rings. The molecule has 1 heterocycles. The highest BCUT2D eigenvalue weighted by atomic mass is 16.1. The molecule has 0 saturated heterocycles. The number of aromatic amines is 2. The van der Waals surface area contributed by atoms with Gasteiger partial charge in [0.2, 0.25) is 0 Å². The van der Waals surface area contributed by atoms with Crippen molar-refractivity contribution in [1.82, 2.24) is 9.97 Å². The van der Waals surface area contributed by atoms with Crippen molar-refractivity contribution >= 4 is 11.0 Å². The third-order valence-corrected chi connectivity index (χ3v) is 3.51. The summed E-state index contributed by atoms with van der Waals surface area (Å²) in [5, 5.41) is 0. The molecule has 0 aliphatic heterocycles. The van der Waals surface area contributed by atoms with Crippen LogP contribution >= 0.6 is 0 Å². The Hall–Kier alpha value is -2.33. The van der Waals surface area contributed by atoms with Gasteiger partial charge in [-0.05, 0) is 36.6 Å². The minimum atomic E-state index is -0.190. The Labute approximate surface area is 116 Å². The first-order chi connectivity index (χ1) is 9.61. The second kappa shape index (κ2) is 4.98. The summed E-state index contributed by atoms with van der Waals surface area (Å²) >= 11 is 0. The van der Waals surface area contributed by atoms with Gasteiger partial charge in [-0.2, -0.15) is 0 Å². The number of H-pyrrole nitrogens is 2. The van der Waals surface area contributed by atoms with Gasteiger partial charge in [-0.1, -0.05) is 35.9 Å². The summed E-state index contributed by atoms with van der Waals surface area (Å²) in [5.74, 6) is 0. The monoisotopic (exact) mass is 267 g/mol. The van der Waals surface area contributed by atoms with E-state index < -0.39 is 0 Å². The number of fused-ring (bicyclic) bond motifs is 1. The number of aryl methyl sites for hydroxylation is 1. The van der Waals surface area contributed by atoms with Gasteiger partial charge >= 0.3 is 5.69 Å². The lowest BCUT2D eigenvalue weighted by Gasteiger charge is -2.12. The molecule has 2 aromatic carbocycles. The van der Waals surface area contributed by atoms with Crippen LogP contribution in [0.15, 0.2) is 47.3 Å². The molecular formula is C16H17N3O. The normalized spacial score (nSPS) is 12.7. The van der Waals surface area contributed by atoms with Crippen molar-refractivity contribution in [2.24, 2.45) is 5.73 Å². The Morgan fingerprint density at radius 3 is 2.70 bits per heavy atom. The van der Waals surface area contributed by atoms with Gasteiger partial charge in [-0.3, -0.25) is 0 Å². The van der Waals surface area contributed by atoms with E-state index in [-0.39, 0.29) is 11.7 Å². The third-order valence-electron chi connectivity index (χ3n) is 3.51. The van der Waals surface area contributed by atoms with Crippen LogP contribution in [0.2, 0.25) is 0 Å². The first kappa shape index (κ1) is 12.7. The van der Waals surface area contributed by atoms with Crippen molar-refractivity contribution < 1.29 is 0 Å². The minimum Gasteiger partial charge on any atom is -0.324 e. The van der Waals surface area contributed by atoms with E-state index in [1.807, 2.05) is 24.3 Å². The van der Waals surface area contributed by atoms with Crippen LogP contribution < -0.4 is 11.4 Å². The van der Waals surface area contributed by atoms with Crippen molar-refractivity contribution in [3.8, 4) is 0 Å². The number of imidazole rings is 1. The average molecular weight is 267 g/mol. The number of aromatic nitrogens is 2. The Balaban J connectivity index is 1.88. The van der Waals surface area contributed by atoms with Gasteiger partial charge in [-0.25, -0.2) is 4.79 Å². The largest absolute Gasteiger partial charge is 0.324 e. The van der Waals surface area contributed by atoms with Gasteiger partial charge in [0.1, 0.15) is 0 Å². The van der Waals surface area contributed by atoms with Crippen molar-refractivity contribution in [3.63, 3.8) is 0 Å². The van der Waals surface area contributed by atoms with Gasteiger partial charge in [0, 0.05) is 6.04 Å². The van der Waals surface area contributed by atoms with Crippen LogP contribution in [0.3, 0.4) is 0 Å². The second-order valence-corrected chi connectivity index (χ2v) is 5.18. The number of nitrogens with two attached hydrogens (primary N) is 1. The molecule has 0 amide bonds. The van der Waals surface area contributed by atoms with Gasteiger partial charge in [0.25, 0.3) is 0 Å². The van der Waals surface area contributed by atoms with E-state index in [0.717, 1.165) is 23.0 Å². The van der Waals surface area contributed by atoms with E-state index in [1.54, 1.807) is 0 Å². The van der Waals surface area contributed by atoms with E-state index in [1.165, 1.54) is 11.1 Å². The summed E-state index contributed by atoms with van der Waals surface area (Å²) in [6, 6.07) is 14.1. The molecule has 4 heteroatoms. The zero-order valence-corrected chi connectivity index (χ0v) is 11.3. The first-order valence-corrected chi connectivity index (χ1v) is 6.65. The molecule has 0 spiro atoms. The van der Waals surface area contributed by atoms with Gasteiger partial charge < -0.3 is 15.7 Å². The zero-order valence-electron chi connectivity index (χ0n) is 11.3. The quantitative estimate of drug-likeness (QED) is 0.681. The molecule has 0 radical (unpaired) electrons. The zero-order chi connectivity index (χ0) is 14.1. The minimum absolute atomic E-state index is 0.0837. The van der Waals surface area contributed by atoms with Crippen LogP contribution in [0, 0.1) is 6.92 Å². The van der Waals surface area contributed by atoms with Crippen molar-refractivity contribution in [1.29, 1.82) is 0 Å². The summed E-state index contributed by atoms with van der Waals surface area (Å²) in [6.45, 7) is 2.08. The SMILES string of the molecule is Cc1cccc(CC(N)c2ccc3[nH]c(=O)[nH]c3c2)c1. The van der Waals surface area contributed by atoms with E-state index in [2.05, 4.69) is 35.1 Å². The number of hydrogen-bond donors (Lipinski definition) is 3. The first-order valence-electron chi connectivity index (χ1n) is 6.65. The van der Waals surface area contributed by atoms with E-state index in [4.69, 9.17) is 5.73 Å². The number of rotatable bonds is 3. The van der Waals surface area contributed by atoms with Gasteiger partial charge in [0.15, 0.2) is 0 Å². The Morgan fingerprint density at radius 1 is 1.10 bits per heavy atom. The molecule has 0 bridgehead atoms. The highest BCUT2D eigenvalue weighted by molar-refractivity contribution is 5.75. The highest BCUT2D eigenvalue weighted by Gasteiger charge is 2.09. The van der Waals surface area contributed by atoms with Gasteiger partial charge in [0.05, 0.1) is 11.0 Å². The van der Waals surface area contributed by atoms with Crippen LogP contribution in [-0.2, 0) is 6.42 Å². The fraction of sp³-hybridized carbons (Fsp3) is 0.188. The Bertz CT molecular complexity index is 801. The van der Waals surface area contributed by atoms with Crippen LogP contribution in [0.25, 0.3) is 11.0 Å². The lowest BCUT2D eigenvalue weighted by atomic mass is 9.98. The number of hydrogen-bond acceptors (Lipinski definition) is 2. The third kappa shape index (κ3) is 2.51. The summed E-state index contributed by atoms with van der Waals surface area (Å²) in [5.41, 5.74) is 11.2. The molecule has 1 unspecified atom stereocenters. The fourth-order valence-corrected chi connectivity index (χ4v) is 2.49. The van der Waals surface area contributed by atoms with E-state index in [9.17, 15) is 4.79 Å². The van der Waals surface area contributed by atoms with Crippen molar-refractivity contribution in [2.75, 3.05) is 0 Å². The summed E-state index contributed by atoms with van der Waals surface area (Å²) < 4.78 is 0. The standard InChI is InChI=1S/C16H17N3O/c1-10-3-2-4-11(7-10)8-13(17)12-5-6-14-15(9-12)19-16(20)18-14/h2-7,9,13H,8,17H2,1H3,(H2,18,19,20). The second-order valence-electron chi connectivity index (χ2n) is 5.18. The molecule has 1 atom stereocenters. The lowest BCUT2D eigenvalue weighted by Crippen LogP contribution is -2.13. The lowest BCUT2D eigenvalue weighted by molar-refractivity contribution is 0.722. The number of nitrogens with one attached hydrogen (secondary N) is 2. The summed E-state index contributed by atoms with van der Waals surface area (Å²) in [7, 11) is 0. The molecule has 0 fully saturated rings. The molecule has 1 aromatic heterocycles. The molecule has 0 aliphatic rings. The smallest absolute Gasteiger partial charge is 0.323 e. The summed E-state index contributed by atoms with van der Waals surface area (Å²) in [6.07, 6.45) is 0.780. The van der Waals surface area contributed by atoms with Crippen LogP contribution in [0.5, 0.6) is 0 Å². The molecular weight excluding hydrogens is 250 g/mol. The molecule has 4 N–H and O–H groups in total. The predicted octanol–water partition coefficient (Wildman–Crippen LogP) is 2.41. The maximum absolute atomic E-state index is 11.3. The van der Waals surface area contributed by atoms with Crippen molar-refractivity contribution in [2.45, 2.75) is 19.4 Å². The van der Waals surface area contributed by atoms with Crippen LogP contribution in [0.4, 0.5) is 0 Å². The maximum atomic E-state index is 11.3. The highest BCUT2D eigenvalue weighted by Crippen LogP contribution is 2.19. The molecule has 0 saturated carbocycles. The van der Waals surface area contributed by atoms with E-state index >= 15 is 0 Å². The summed E-state index contributed by atoms with van der Waals surface area (Å²) in [4.78, 5) is 16.7.